The van der Waals surface area contributed by atoms with Crippen molar-refractivity contribution >= 4 is 0 Å². The third-order valence-corrected chi connectivity index (χ3v) is 6.94. The minimum atomic E-state index is 0.503. The van der Waals surface area contributed by atoms with E-state index < -0.39 is 0 Å². The van der Waals surface area contributed by atoms with Gasteiger partial charge in [-0.15, -0.1) is 0 Å². The first-order valence-electron chi connectivity index (χ1n) is 9.65. The highest BCUT2D eigenvalue weighted by Gasteiger charge is 2.59. The lowest BCUT2D eigenvalue weighted by Crippen LogP contribution is -2.64. The molecule has 0 saturated heterocycles. The molecule has 0 radical (unpaired) electrons. The highest BCUT2D eigenvalue weighted by Crippen LogP contribution is 2.66. The lowest BCUT2D eigenvalue weighted by Gasteiger charge is -2.65. The maximum Gasteiger partial charge on any atom is 0.0194 e. The maximum atomic E-state index is 4.14. The molecule has 0 aromatic heterocycles. The van der Waals surface area contributed by atoms with E-state index in [9.17, 15) is 0 Å². The van der Waals surface area contributed by atoms with Crippen molar-refractivity contribution in [3.8, 4) is 0 Å². The Balaban J connectivity index is 1.64. The minimum Gasteiger partial charge on any atom is -0.311 e. The summed E-state index contributed by atoms with van der Waals surface area (Å²) in [6.45, 7) is 11.1. The second kappa shape index (κ2) is 5.55. The summed E-state index contributed by atoms with van der Waals surface area (Å²) in [5, 5.41) is 4.14. The molecule has 4 aliphatic carbocycles. The summed E-state index contributed by atoms with van der Waals surface area (Å²) in [6.07, 6.45) is 14.4. The summed E-state index contributed by atoms with van der Waals surface area (Å²) >= 11 is 0. The summed E-state index contributed by atoms with van der Waals surface area (Å²) < 4.78 is 0. The number of unbranched alkanes of at least 4 members (excludes halogenated alkanes) is 1. The largest absolute Gasteiger partial charge is 0.311 e. The predicted molar refractivity (Wildman–Crippen MR) is 91.4 cm³/mol. The first-order valence-corrected chi connectivity index (χ1v) is 9.65. The molecule has 0 amide bonds. The summed E-state index contributed by atoms with van der Waals surface area (Å²) in [5.74, 6) is 1.91. The molecule has 3 unspecified atom stereocenters. The quantitative estimate of drug-likeness (QED) is 0.649. The Kier molecular flexibility index (Phi) is 4.19. The van der Waals surface area contributed by atoms with E-state index in [1.165, 1.54) is 70.8 Å². The van der Waals surface area contributed by atoms with Gasteiger partial charge in [-0.1, -0.05) is 47.0 Å². The first-order chi connectivity index (χ1) is 9.90. The van der Waals surface area contributed by atoms with Gasteiger partial charge in [0.2, 0.25) is 0 Å². The van der Waals surface area contributed by atoms with Gasteiger partial charge in [0.1, 0.15) is 0 Å². The van der Waals surface area contributed by atoms with Crippen molar-refractivity contribution in [2.75, 3.05) is 6.54 Å². The van der Waals surface area contributed by atoms with Gasteiger partial charge in [-0.3, -0.25) is 0 Å². The molecular formula is C20H37N. The third kappa shape index (κ3) is 3.19. The van der Waals surface area contributed by atoms with Crippen LogP contribution in [0.4, 0.5) is 0 Å². The highest BCUT2D eigenvalue weighted by atomic mass is 15.0. The average molecular weight is 292 g/mol. The van der Waals surface area contributed by atoms with Crippen molar-refractivity contribution in [1.29, 1.82) is 0 Å². The molecule has 0 aliphatic heterocycles. The summed E-state index contributed by atoms with van der Waals surface area (Å²) in [6, 6.07) is 0. The van der Waals surface area contributed by atoms with E-state index in [0.29, 0.717) is 16.4 Å². The van der Waals surface area contributed by atoms with Crippen molar-refractivity contribution in [1.82, 2.24) is 5.32 Å². The van der Waals surface area contributed by atoms with Gasteiger partial charge in [-0.25, -0.2) is 0 Å². The highest BCUT2D eigenvalue weighted by molar-refractivity contribution is 5.14. The number of hydrogen-bond acceptors (Lipinski definition) is 1. The normalized spacial score (nSPS) is 46.0. The van der Waals surface area contributed by atoms with Gasteiger partial charge in [0.15, 0.2) is 0 Å². The molecule has 4 saturated carbocycles. The maximum absolute atomic E-state index is 4.14. The smallest absolute Gasteiger partial charge is 0.0194 e. The Bertz CT molecular complexity index is 356. The van der Waals surface area contributed by atoms with Gasteiger partial charge < -0.3 is 5.32 Å². The van der Waals surface area contributed by atoms with Crippen molar-refractivity contribution in [3.63, 3.8) is 0 Å². The zero-order chi connectivity index (χ0) is 15.1. The van der Waals surface area contributed by atoms with Crippen LogP contribution in [0.25, 0.3) is 0 Å². The van der Waals surface area contributed by atoms with Crippen LogP contribution in [-0.4, -0.2) is 12.1 Å². The molecule has 3 atom stereocenters. The molecule has 1 nitrogen and oxygen atoms in total. The topological polar surface area (TPSA) is 12.0 Å². The number of rotatable bonds is 7. The summed E-state index contributed by atoms with van der Waals surface area (Å²) in [5.41, 5.74) is 1.79. The molecule has 4 rings (SSSR count). The van der Waals surface area contributed by atoms with E-state index in [4.69, 9.17) is 0 Å². The molecule has 4 bridgehead atoms. The Morgan fingerprint density at radius 3 is 2.19 bits per heavy atom. The Morgan fingerprint density at radius 1 is 1.00 bits per heavy atom. The second-order valence-electron chi connectivity index (χ2n) is 9.71. The van der Waals surface area contributed by atoms with Crippen molar-refractivity contribution in [3.05, 3.63) is 0 Å². The third-order valence-electron chi connectivity index (χ3n) is 6.94. The zero-order valence-corrected chi connectivity index (χ0v) is 14.9. The van der Waals surface area contributed by atoms with Gasteiger partial charge in [-0.05, 0) is 74.2 Å². The van der Waals surface area contributed by atoms with Gasteiger partial charge in [0.25, 0.3) is 0 Å². The standard InChI is InChI=1S/C20H37N/c1-5-7-8-16(6-2)12-21-20-11-17-9-18(3,14-20)13-19(4,10-17)15-20/h16-17,21H,5-15H2,1-4H3. The fourth-order valence-corrected chi connectivity index (χ4v) is 6.95. The molecule has 1 heteroatoms. The Hall–Kier alpha value is -0.0400. The lowest BCUT2D eigenvalue weighted by molar-refractivity contribution is -0.118. The average Bonchev–Trinajstić information content (AvgIpc) is 2.34. The summed E-state index contributed by atoms with van der Waals surface area (Å²) in [7, 11) is 0. The van der Waals surface area contributed by atoms with Crippen molar-refractivity contribution in [2.24, 2.45) is 22.7 Å². The Morgan fingerprint density at radius 2 is 1.67 bits per heavy atom. The van der Waals surface area contributed by atoms with E-state index in [1.807, 2.05) is 0 Å². The van der Waals surface area contributed by atoms with Crippen LogP contribution in [0.5, 0.6) is 0 Å². The molecule has 21 heavy (non-hydrogen) atoms. The van der Waals surface area contributed by atoms with Crippen LogP contribution in [0.3, 0.4) is 0 Å². The van der Waals surface area contributed by atoms with Crippen LogP contribution in [0.1, 0.15) is 91.9 Å². The van der Waals surface area contributed by atoms with Crippen molar-refractivity contribution < 1.29 is 0 Å². The second-order valence-corrected chi connectivity index (χ2v) is 9.71. The summed E-state index contributed by atoms with van der Waals surface area (Å²) in [4.78, 5) is 0. The van der Waals surface area contributed by atoms with Gasteiger partial charge >= 0.3 is 0 Å². The molecule has 0 spiro atoms. The first kappa shape index (κ1) is 15.8. The molecule has 0 aromatic rings. The monoisotopic (exact) mass is 291 g/mol. The van der Waals surface area contributed by atoms with Gasteiger partial charge in [0.05, 0.1) is 0 Å². The Labute approximate surface area is 132 Å². The predicted octanol–water partition coefficient (Wildman–Crippen LogP) is 5.54. The zero-order valence-electron chi connectivity index (χ0n) is 14.9. The van der Waals surface area contributed by atoms with Gasteiger partial charge in [0, 0.05) is 5.54 Å². The van der Waals surface area contributed by atoms with Crippen LogP contribution in [-0.2, 0) is 0 Å². The number of nitrogens with one attached hydrogen (secondary N) is 1. The molecule has 0 aromatic carbocycles. The van der Waals surface area contributed by atoms with E-state index in [0.717, 1.165) is 11.8 Å². The van der Waals surface area contributed by atoms with Crippen LogP contribution in [0.2, 0.25) is 0 Å². The van der Waals surface area contributed by atoms with Crippen molar-refractivity contribution in [2.45, 2.75) is 97.4 Å². The molecule has 0 heterocycles. The van der Waals surface area contributed by atoms with Crippen LogP contribution >= 0.6 is 0 Å². The van der Waals surface area contributed by atoms with E-state index in [1.54, 1.807) is 0 Å². The molecular weight excluding hydrogens is 254 g/mol. The fraction of sp³-hybridized carbons (Fsp3) is 1.00. The van der Waals surface area contributed by atoms with E-state index in [-0.39, 0.29) is 0 Å². The molecule has 1 N–H and O–H groups in total. The molecule has 122 valence electrons. The molecule has 4 aliphatic rings. The lowest BCUT2D eigenvalue weighted by atomic mass is 9.43. The van der Waals surface area contributed by atoms with Crippen LogP contribution in [0, 0.1) is 22.7 Å². The number of hydrogen-bond donors (Lipinski definition) is 1. The van der Waals surface area contributed by atoms with E-state index in [2.05, 4.69) is 33.0 Å². The fourth-order valence-electron chi connectivity index (χ4n) is 6.95. The van der Waals surface area contributed by atoms with Gasteiger partial charge in [-0.2, -0.15) is 0 Å². The SMILES string of the molecule is CCCCC(CC)CNC12CC3CC(C)(CC(C)(C3)C1)C2. The van der Waals surface area contributed by atoms with Crippen LogP contribution < -0.4 is 5.32 Å². The minimum absolute atomic E-state index is 0.503. The van der Waals surface area contributed by atoms with Crippen LogP contribution in [0.15, 0.2) is 0 Å². The van der Waals surface area contributed by atoms with E-state index >= 15 is 0 Å². The molecule has 4 fully saturated rings.